The summed E-state index contributed by atoms with van der Waals surface area (Å²) in [6.07, 6.45) is 4.28. The van der Waals surface area contributed by atoms with Crippen molar-refractivity contribution < 1.29 is 9.90 Å². The van der Waals surface area contributed by atoms with Crippen molar-refractivity contribution >= 4 is 11.9 Å². The van der Waals surface area contributed by atoms with Gasteiger partial charge in [-0.2, -0.15) is 5.10 Å². The van der Waals surface area contributed by atoms with Crippen LogP contribution in [0.25, 0.3) is 11.1 Å². The Morgan fingerprint density at radius 3 is 3.00 bits per heavy atom. The molecule has 0 unspecified atom stereocenters. The molecule has 2 aromatic heterocycles. The number of nitrogens with zero attached hydrogens (tertiary/aromatic N) is 3. The second-order valence-electron chi connectivity index (χ2n) is 4.56. The average Bonchev–Trinajstić information content (AvgIpc) is 2.78. The van der Waals surface area contributed by atoms with Crippen LogP contribution >= 0.6 is 0 Å². The third kappa shape index (κ3) is 3.19. The number of carboxylic acid groups (broad SMARTS) is 1. The predicted octanol–water partition coefficient (Wildman–Crippen LogP) is 1.95. The summed E-state index contributed by atoms with van der Waals surface area (Å²) in [5.74, 6) is 0.540. The Morgan fingerprint density at radius 1 is 1.67 bits per heavy atom. The molecule has 0 saturated carbocycles. The fourth-order valence-electron chi connectivity index (χ4n) is 2.05. The summed E-state index contributed by atoms with van der Waals surface area (Å²) in [7, 11) is 1.76. The number of nitrogens with one attached hydrogen (secondary N) is 1. The van der Waals surface area contributed by atoms with Crippen LogP contribution in [0.1, 0.15) is 18.2 Å². The molecule has 0 aromatic carbocycles. The van der Waals surface area contributed by atoms with Crippen LogP contribution in [-0.4, -0.2) is 26.0 Å². The highest BCUT2D eigenvalue weighted by Crippen LogP contribution is 2.27. The largest absolute Gasteiger partial charge is 0.465 e. The van der Waals surface area contributed by atoms with Gasteiger partial charge in [0.1, 0.15) is 5.82 Å². The highest BCUT2D eigenvalue weighted by Gasteiger charge is 2.16. The van der Waals surface area contributed by atoms with Gasteiger partial charge in [-0.1, -0.05) is 6.08 Å². The monoisotopic (exact) mass is 287 g/mol. The minimum absolute atomic E-state index is 0.446. The molecule has 0 aliphatic heterocycles. The van der Waals surface area contributed by atoms with E-state index in [0.29, 0.717) is 17.9 Å². The molecule has 2 heterocycles. The van der Waals surface area contributed by atoms with Gasteiger partial charge in [0, 0.05) is 18.8 Å². The van der Waals surface area contributed by atoms with Crippen molar-refractivity contribution in [2.45, 2.75) is 12.5 Å². The smallest absolute Gasteiger partial charge is 0.405 e. The number of nitrogens with two attached hydrogens (primary N) is 1. The van der Waals surface area contributed by atoms with E-state index in [1.165, 1.54) is 0 Å². The van der Waals surface area contributed by atoms with Crippen LogP contribution in [0.3, 0.4) is 0 Å². The van der Waals surface area contributed by atoms with E-state index in [9.17, 15) is 4.79 Å². The van der Waals surface area contributed by atoms with E-state index in [1.807, 2.05) is 6.07 Å². The summed E-state index contributed by atoms with van der Waals surface area (Å²) in [5, 5.41) is 15.4. The van der Waals surface area contributed by atoms with Crippen LogP contribution in [0, 0.1) is 0 Å². The molecule has 0 fully saturated rings. The molecule has 4 N–H and O–H groups in total. The van der Waals surface area contributed by atoms with E-state index < -0.39 is 12.1 Å². The molecule has 0 radical (unpaired) electrons. The lowest BCUT2D eigenvalue weighted by Crippen LogP contribution is -2.27. The van der Waals surface area contributed by atoms with E-state index in [0.717, 1.165) is 11.1 Å². The number of hydrogen-bond acceptors (Lipinski definition) is 4. The van der Waals surface area contributed by atoms with E-state index >= 15 is 0 Å². The predicted molar refractivity (Wildman–Crippen MR) is 79.6 cm³/mol. The maximum absolute atomic E-state index is 10.9. The summed E-state index contributed by atoms with van der Waals surface area (Å²) in [6, 6.07) is 3.16. The number of hydrogen-bond donors (Lipinski definition) is 3. The number of pyridine rings is 1. The summed E-state index contributed by atoms with van der Waals surface area (Å²) in [4.78, 5) is 15.1. The molecule has 0 saturated heterocycles. The first-order valence-electron chi connectivity index (χ1n) is 6.37. The molecule has 7 heteroatoms. The van der Waals surface area contributed by atoms with Gasteiger partial charge in [-0.15, -0.1) is 6.58 Å². The zero-order chi connectivity index (χ0) is 15.4. The second-order valence-corrected chi connectivity index (χ2v) is 4.56. The topological polar surface area (TPSA) is 106 Å². The Labute approximate surface area is 122 Å². The van der Waals surface area contributed by atoms with Gasteiger partial charge in [0.25, 0.3) is 0 Å². The van der Waals surface area contributed by atoms with Gasteiger partial charge in [-0.25, -0.2) is 4.79 Å². The van der Waals surface area contributed by atoms with E-state index in [-0.39, 0.29) is 0 Å². The minimum Gasteiger partial charge on any atom is -0.465 e. The van der Waals surface area contributed by atoms with Gasteiger partial charge in [0.2, 0.25) is 0 Å². The van der Waals surface area contributed by atoms with Gasteiger partial charge in [0.15, 0.2) is 0 Å². The molecule has 2 rings (SSSR count). The SMILES string of the molecule is C=CC[C@H](NC(=O)O)c1cc(-c2cnn(C)c2N)ccn1. The first kappa shape index (κ1) is 14.6. The molecule has 21 heavy (non-hydrogen) atoms. The van der Waals surface area contributed by atoms with Crippen LogP contribution < -0.4 is 11.1 Å². The van der Waals surface area contributed by atoms with E-state index in [2.05, 4.69) is 22.0 Å². The van der Waals surface area contributed by atoms with Gasteiger partial charge in [0.05, 0.1) is 17.9 Å². The first-order valence-corrected chi connectivity index (χ1v) is 6.37. The molecule has 0 bridgehead atoms. The highest BCUT2D eigenvalue weighted by molar-refractivity contribution is 5.73. The Morgan fingerprint density at radius 2 is 2.43 bits per heavy atom. The number of carbonyl (C=O) groups is 1. The van der Waals surface area contributed by atoms with Gasteiger partial charge < -0.3 is 16.2 Å². The Kier molecular flexibility index (Phi) is 4.22. The van der Waals surface area contributed by atoms with Crippen molar-refractivity contribution in [3.8, 4) is 11.1 Å². The van der Waals surface area contributed by atoms with Crippen molar-refractivity contribution in [1.82, 2.24) is 20.1 Å². The van der Waals surface area contributed by atoms with E-state index in [4.69, 9.17) is 10.8 Å². The van der Waals surface area contributed by atoms with Gasteiger partial charge in [-0.05, 0) is 24.1 Å². The standard InChI is InChI=1S/C14H17N5O2/c1-3-4-11(18-14(20)21)12-7-9(5-6-16-12)10-8-17-19(2)13(10)15/h3,5-8,11,18H,1,4,15H2,2H3,(H,20,21)/t11-/m0/s1. The molecule has 7 nitrogen and oxygen atoms in total. The lowest BCUT2D eigenvalue weighted by Gasteiger charge is -2.15. The Balaban J connectivity index is 2.37. The summed E-state index contributed by atoms with van der Waals surface area (Å²) < 4.78 is 1.58. The van der Waals surface area contributed by atoms with Crippen molar-refractivity contribution in [2.75, 3.05) is 5.73 Å². The van der Waals surface area contributed by atoms with Crippen LogP contribution in [0.4, 0.5) is 10.6 Å². The fourth-order valence-corrected chi connectivity index (χ4v) is 2.05. The molecule has 1 atom stereocenters. The lowest BCUT2D eigenvalue weighted by atomic mass is 10.0. The normalized spacial score (nSPS) is 11.9. The maximum Gasteiger partial charge on any atom is 0.405 e. The Bertz CT molecular complexity index is 665. The van der Waals surface area contributed by atoms with Crippen LogP contribution in [-0.2, 0) is 7.05 Å². The number of rotatable bonds is 5. The Hall–Kier alpha value is -2.83. The van der Waals surface area contributed by atoms with Crippen LogP contribution in [0.2, 0.25) is 0 Å². The number of aryl methyl sites for hydroxylation is 1. The zero-order valence-corrected chi connectivity index (χ0v) is 11.7. The number of aromatic nitrogens is 3. The number of amides is 1. The fraction of sp³-hybridized carbons (Fsp3) is 0.214. The first-order chi connectivity index (χ1) is 10.0. The highest BCUT2D eigenvalue weighted by atomic mass is 16.4. The molecule has 1 amide bonds. The quantitative estimate of drug-likeness (QED) is 0.729. The molecule has 110 valence electrons. The molecule has 2 aromatic rings. The van der Waals surface area contributed by atoms with Crippen molar-refractivity contribution in [3.63, 3.8) is 0 Å². The third-order valence-corrected chi connectivity index (χ3v) is 3.13. The lowest BCUT2D eigenvalue weighted by molar-refractivity contribution is 0.189. The minimum atomic E-state index is -1.10. The van der Waals surface area contributed by atoms with Crippen LogP contribution in [0.5, 0.6) is 0 Å². The summed E-state index contributed by atoms with van der Waals surface area (Å²) in [5.41, 5.74) is 8.19. The number of anilines is 1. The maximum atomic E-state index is 10.9. The van der Waals surface area contributed by atoms with Crippen molar-refractivity contribution in [2.24, 2.45) is 7.05 Å². The molecular formula is C14H17N5O2. The van der Waals surface area contributed by atoms with Crippen LogP contribution in [0.15, 0.2) is 37.2 Å². The van der Waals surface area contributed by atoms with Gasteiger partial charge >= 0.3 is 6.09 Å². The van der Waals surface area contributed by atoms with Crippen molar-refractivity contribution in [1.29, 1.82) is 0 Å². The zero-order valence-electron chi connectivity index (χ0n) is 11.7. The summed E-state index contributed by atoms with van der Waals surface area (Å²) >= 11 is 0. The molecule has 0 aliphatic carbocycles. The van der Waals surface area contributed by atoms with Crippen molar-refractivity contribution in [3.05, 3.63) is 42.9 Å². The molecule has 0 aliphatic rings. The van der Waals surface area contributed by atoms with E-state index in [1.54, 1.807) is 36.3 Å². The average molecular weight is 287 g/mol. The summed E-state index contributed by atoms with van der Waals surface area (Å²) in [6.45, 7) is 3.64. The third-order valence-electron chi connectivity index (χ3n) is 3.13. The molecule has 0 spiro atoms. The molecular weight excluding hydrogens is 270 g/mol. The second kappa shape index (κ2) is 6.08. The van der Waals surface area contributed by atoms with Gasteiger partial charge in [-0.3, -0.25) is 9.67 Å². The number of nitrogen functional groups attached to an aromatic ring is 1.